The molecular formula is C18H19N5O2. The van der Waals surface area contributed by atoms with Crippen LogP contribution in [0.3, 0.4) is 0 Å². The Labute approximate surface area is 145 Å². The highest BCUT2D eigenvalue weighted by Crippen LogP contribution is 2.38. The molecule has 3 heterocycles. The summed E-state index contributed by atoms with van der Waals surface area (Å²) in [6, 6.07) is 11.8. The van der Waals surface area contributed by atoms with Gasteiger partial charge in [0.2, 0.25) is 5.65 Å². The minimum atomic E-state index is -0.676. The Bertz CT molecular complexity index is 924. The summed E-state index contributed by atoms with van der Waals surface area (Å²) in [7, 11) is 1.45. The molecule has 0 spiro atoms. The van der Waals surface area contributed by atoms with Crippen molar-refractivity contribution in [2.75, 3.05) is 25.1 Å². The highest BCUT2D eigenvalue weighted by atomic mass is 16.5. The predicted octanol–water partition coefficient (Wildman–Crippen LogP) is 1.75. The van der Waals surface area contributed by atoms with Gasteiger partial charge in [0.15, 0.2) is 0 Å². The van der Waals surface area contributed by atoms with Crippen LogP contribution in [0.1, 0.15) is 17.7 Å². The quantitative estimate of drug-likeness (QED) is 0.678. The number of hydrogen-bond donors (Lipinski definition) is 0. The second-order valence-electron chi connectivity index (χ2n) is 6.38. The number of carbonyl (C=O) groups excluding carboxylic acids is 1. The molecule has 0 radical (unpaired) electrons. The Morgan fingerprint density at radius 2 is 2.08 bits per heavy atom. The minimum absolute atomic E-state index is 0.204. The zero-order chi connectivity index (χ0) is 17.4. The van der Waals surface area contributed by atoms with Gasteiger partial charge in [-0.3, -0.25) is 4.79 Å². The number of carbonyl (C=O) groups is 1. The summed E-state index contributed by atoms with van der Waals surface area (Å²) in [5, 5.41) is 12.5. The van der Waals surface area contributed by atoms with Gasteiger partial charge in [0.05, 0.1) is 18.5 Å². The van der Waals surface area contributed by atoms with Gasteiger partial charge < -0.3 is 9.64 Å². The van der Waals surface area contributed by atoms with E-state index in [1.54, 1.807) is 10.8 Å². The van der Waals surface area contributed by atoms with Gasteiger partial charge in [-0.15, -0.1) is 10.2 Å². The molecule has 1 aliphatic rings. The fourth-order valence-electron chi connectivity index (χ4n) is 3.65. The fourth-order valence-corrected chi connectivity index (χ4v) is 3.65. The maximum absolute atomic E-state index is 12.7. The Morgan fingerprint density at radius 1 is 1.28 bits per heavy atom. The molecule has 2 aromatic heterocycles. The van der Waals surface area contributed by atoms with Crippen molar-refractivity contribution < 1.29 is 9.53 Å². The first-order chi connectivity index (χ1) is 12.1. The van der Waals surface area contributed by atoms with Crippen LogP contribution in [0.5, 0.6) is 0 Å². The van der Waals surface area contributed by atoms with Crippen LogP contribution in [0.25, 0.3) is 5.65 Å². The molecule has 1 fully saturated rings. The molecule has 1 aliphatic heterocycles. The molecule has 1 unspecified atom stereocenters. The number of ether oxygens (including phenoxy) is 1. The van der Waals surface area contributed by atoms with Gasteiger partial charge in [0, 0.05) is 13.1 Å². The molecular weight excluding hydrogens is 318 g/mol. The van der Waals surface area contributed by atoms with Crippen molar-refractivity contribution in [1.29, 1.82) is 0 Å². The van der Waals surface area contributed by atoms with Crippen LogP contribution in [0.15, 0.2) is 42.7 Å². The lowest BCUT2D eigenvalue weighted by molar-refractivity contribution is -0.146. The zero-order valence-electron chi connectivity index (χ0n) is 14.2. The Kier molecular flexibility index (Phi) is 3.63. The second-order valence-corrected chi connectivity index (χ2v) is 6.38. The van der Waals surface area contributed by atoms with E-state index in [1.165, 1.54) is 7.11 Å². The third-order valence-corrected chi connectivity index (χ3v) is 4.88. The topological polar surface area (TPSA) is 72.6 Å². The molecule has 128 valence electrons. The highest BCUT2D eigenvalue weighted by molar-refractivity contribution is 5.86. The molecule has 0 bridgehead atoms. The molecule has 25 heavy (non-hydrogen) atoms. The van der Waals surface area contributed by atoms with Gasteiger partial charge in [-0.1, -0.05) is 30.3 Å². The number of methoxy groups -OCH3 is 1. The number of hydrogen-bond acceptors (Lipinski definition) is 6. The molecule has 0 N–H and O–H groups in total. The van der Waals surface area contributed by atoms with Crippen LogP contribution in [0.2, 0.25) is 0 Å². The van der Waals surface area contributed by atoms with E-state index < -0.39 is 5.41 Å². The van der Waals surface area contributed by atoms with Crippen molar-refractivity contribution in [2.24, 2.45) is 0 Å². The van der Waals surface area contributed by atoms with E-state index in [2.05, 4.69) is 20.2 Å². The summed E-state index contributed by atoms with van der Waals surface area (Å²) < 4.78 is 6.83. The molecule has 0 amide bonds. The van der Waals surface area contributed by atoms with Gasteiger partial charge in [-0.25, -0.2) is 0 Å². The number of fused-ring (bicyclic) bond motifs is 1. The largest absolute Gasteiger partial charge is 0.468 e. The molecule has 3 aromatic rings. The third kappa shape index (κ3) is 2.43. The van der Waals surface area contributed by atoms with E-state index in [0.717, 1.165) is 23.5 Å². The van der Waals surface area contributed by atoms with Crippen molar-refractivity contribution in [3.05, 3.63) is 54.0 Å². The molecule has 7 heteroatoms. The normalized spacial score (nSPS) is 20.2. The van der Waals surface area contributed by atoms with E-state index in [1.807, 2.05) is 43.3 Å². The average molecular weight is 337 g/mol. The van der Waals surface area contributed by atoms with Gasteiger partial charge in [-0.05, 0) is 25.0 Å². The Balaban J connectivity index is 1.77. The van der Waals surface area contributed by atoms with Gasteiger partial charge >= 0.3 is 5.97 Å². The van der Waals surface area contributed by atoms with Gasteiger partial charge in [0.25, 0.3) is 0 Å². The number of esters is 1. The Hall–Kier alpha value is -2.96. The van der Waals surface area contributed by atoms with Crippen LogP contribution in [0, 0.1) is 6.92 Å². The van der Waals surface area contributed by atoms with E-state index in [-0.39, 0.29) is 5.97 Å². The minimum Gasteiger partial charge on any atom is -0.468 e. The third-order valence-electron chi connectivity index (χ3n) is 4.88. The number of rotatable bonds is 3. The number of aryl methyl sites for hydroxylation is 1. The first kappa shape index (κ1) is 15.6. The molecule has 1 aromatic carbocycles. The fraction of sp³-hybridized carbons (Fsp3) is 0.333. The summed E-state index contributed by atoms with van der Waals surface area (Å²) in [6.07, 6.45) is 2.28. The first-order valence-electron chi connectivity index (χ1n) is 8.20. The lowest BCUT2D eigenvalue weighted by Crippen LogP contribution is -2.40. The summed E-state index contributed by atoms with van der Waals surface area (Å²) in [6.45, 7) is 3.20. The van der Waals surface area contributed by atoms with Crippen molar-refractivity contribution in [2.45, 2.75) is 18.8 Å². The monoisotopic (exact) mass is 337 g/mol. The number of aromatic nitrogens is 4. The summed E-state index contributed by atoms with van der Waals surface area (Å²) in [5.74, 6) is -0.204. The molecule has 0 saturated carbocycles. The average Bonchev–Trinajstić information content (AvgIpc) is 3.29. The van der Waals surface area contributed by atoms with Crippen LogP contribution in [-0.2, 0) is 14.9 Å². The molecule has 7 nitrogen and oxygen atoms in total. The first-order valence-corrected chi connectivity index (χ1v) is 8.20. The van der Waals surface area contributed by atoms with Crippen LogP contribution in [-0.4, -0.2) is 46.0 Å². The van der Waals surface area contributed by atoms with Crippen molar-refractivity contribution in [3.8, 4) is 0 Å². The smallest absolute Gasteiger partial charge is 0.318 e. The Morgan fingerprint density at radius 3 is 2.84 bits per heavy atom. The standard InChI is InChI=1S/C18H19N5O2/c1-13-10-15(16-20-19-12-23(16)21-13)22-9-8-18(11-22,17(24)25-2)14-6-4-3-5-7-14/h3-7,10,12H,8-9,11H2,1-2H3. The summed E-state index contributed by atoms with van der Waals surface area (Å²) >= 11 is 0. The lowest BCUT2D eigenvalue weighted by Gasteiger charge is -2.27. The molecule has 1 atom stereocenters. The van der Waals surface area contributed by atoms with Gasteiger partial charge in [0.1, 0.15) is 11.7 Å². The van der Waals surface area contributed by atoms with Gasteiger partial charge in [-0.2, -0.15) is 9.61 Å². The second kappa shape index (κ2) is 5.84. The van der Waals surface area contributed by atoms with E-state index >= 15 is 0 Å². The van der Waals surface area contributed by atoms with E-state index in [9.17, 15) is 4.79 Å². The summed E-state index contributed by atoms with van der Waals surface area (Å²) in [4.78, 5) is 14.9. The van der Waals surface area contributed by atoms with Crippen LogP contribution < -0.4 is 4.90 Å². The number of nitrogens with zero attached hydrogens (tertiary/aromatic N) is 5. The van der Waals surface area contributed by atoms with Crippen LogP contribution in [0.4, 0.5) is 5.69 Å². The zero-order valence-corrected chi connectivity index (χ0v) is 14.2. The molecule has 1 saturated heterocycles. The maximum Gasteiger partial charge on any atom is 0.318 e. The van der Waals surface area contributed by atoms with Crippen molar-refractivity contribution in [3.63, 3.8) is 0 Å². The van der Waals surface area contributed by atoms with Crippen LogP contribution >= 0.6 is 0 Å². The van der Waals surface area contributed by atoms with Crippen molar-refractivity contribution in [1.82, 2.24) is 19.8 Å². The predicted molar refractivity (Wildman–Crippen MR) is 92.5 cm³/mol. The summed E-state index contributed by atoms with van der Waals surface area (Å²) in [5.41, 5.74) is 2.81. The maximum atomic E-state index is 12.7. The molecule has 0 aliphatic carbocycles. The number of anilines is 1. The SMILES string of the molecule is COC(=O)C1(c2ccccc2)CCN(c2cc(C)nn3cnnc23)C1. The molecule has 4 rings (SSSR count). The van der Waals surface area contributed by atoms with E-state index in [0.29, 0.717) is 18.6 Å². The highest BCUT2D eigenvalue weighted by Gasteiger charge is 2.47. The van der Waals surface area contributed by atoms with E-state index in [4.69, 9.17) is 4.74 Å². The lowest BCUT2D eigenvalue weighted by atomic mass is 9.79. The number of benzene rings is 1. The van der Waals surface area contributed by atoms with Crippen molar-refractivity contribution >= 4 is 17.3 Å².